The van der Waals surface area contributed by atoms with Crippen molar-refractivity contribution in [2.45, 2.75) is 51.7 Å². The van der Waals surface area contributed by atoms with E-state index < -0.39 is 11.7 Å². The smallest absolute Gasteiger partial charge is 0.407 e. The molecule has 8 heteroatoms. The number of carbonyl (C=O) groups excluding carboxylic acids is 2. The molecule has 1 fully saturated rings. The summed E-state index contributed by atoms with van der Waals surface area (Å²) in [6.07, 6.45) is 2.89. The van der Waals surface area contributed by atoms with Crippen LogP contribution in [0.15, 0.2) is 30.5 Å². The Bertz CT molecular complexity index is 975. The lowest BCUT2D eigenvalue weighted by Crippen LogP contribution is -2.48. The van der Waals surface area contributed by atoms with Gasteiger partial charge in [-0.1, -0.05) is 23.7 Å². The molecule has 0 bridgehead atoms. The van der Waals surface area contributed by atoms with E-state index >= 15 is 0 Å². The van der Waals surface area contributed by atoms with Crippen LogP contribution in [-0.4, -0.2) is 51.9 Å². The maximum absolute atomic E-state index is 13.1. The highest BCUT2D eigenvalue weighted by Crippen LogP contribution is 2.31. The molecular formula is C23H29ClN4O3. The van der Waals surface area contributed by atoms with Crippen LogP contribution >= 0.6 is 11.6 Å². The van der Waals surface area contributed by atoms with Crippen molar-refractivity contribution in [1.29, 1.82) is 0 Å². The highest BCUT2D eigenvalue weighted by molar-refractivity contribution is 6.30. The number of hydrogen-bond acceptors (Lipinski definition) is 4. The van der Waals surface area contributed by atoms with E-state index in [9.17, 15) is 9.59 Å². The highest BCUT2D eigenvalue weighted by Gasteiger charge is 2.35. The Kier molecular flexibility index (Phi) is 5.97. The van der Waals surface area contributed by atoms with E-state index in [1.54, 1.807) is 6.20 Å². The first-order valence-corrected chi connectivity index (χ1v) is 11.1. The second-order valence-corrected chi connectivity index (χ2v) is 9.87. The van der Waals surface area contributed by atoms with Gasteiger partial charge in [-0.2, -0.15) is 5.10 Å². The van der Waals surface area contributed by atoms with Crippen molar-refractivity contribution >= 4 is 23.6 Å². The highest BCUT2D eigenvalue weighted by atomic mass is 35.5. The Morgan fingerprint density at radius 2 is 2.06 bits per heavy atom. The zero-order valence-corrected chi connectivity index (χ0v) is 19.0. The summed E-state index contributed by atoms with van der Waals surface area (Å²) < 4.78 is 7.24. The second-order valence-electron chi connectivity index (χ2n) is 9.43. The van der Waals surface area contributed by atoms with Gasteiger partial charge in [-0.25, -0.2) is 4.79 Å². The number of likely N-dealkylation sites (tertiary alicyclic amines) is 1. The Morgan fingerprint density at radius 1 is 1.29 bits per heavy atom. The number of fused-ring (bicyclic) bond motifs is 1. The SMILES string of the molecule is CC(C)(C)OC(=O)NCC1CCn2ncc(C(=O)N3CC(c4cccc(Cl)c4)C3)c2C1. The van der Waals surface area contributed by atoms with Gasteiger partial charge in [0.25, 0.3) is 5.91 Å². The molecule has 2 amide bonds. The van der Waals surface area contributed by atoms with E-state index in [-0.39, 0.29) is 11.8 Å². The molecule has 0 radical (unpaired) electrons. The van der Waals surface area contributed by atoms with Crippen molar-refractivity contribution in [2.75, 3.05) is 19.6 Å². The number of benzene rings is 1. The number of carbonyl (C=O) groups is 2. The zero-order chi connectivity index (χ0) is 22.2. The minimum absolute atomic E-state index is 0.0280. The monoisotopic (exact) mass is 444 g/mol. The van der Waals surface area contributed by atoms with Crippen molar-refractivity contribution in [1.82, 2.24) is 20.0 Å². The van der Waals surface area contributed by atoms with Crippen molar-refractivity contribution in [2.24, 2.45) is 5.92 Å². The van der Waals surface area contributed by atoms with Gasteiger partial charge in [-0.15, -0.1) is 0 Å². The van der Waals surface area contributed by atoms with Crippen molar-refractivity contribution in [3.8, 4) is 0 Å². The third-order valence-corrected chi connectivity index (χ3v) is 6.07. The molecule has 1 unspecified atom stereocenters. The van der Waals surface area contributed by atoms with Gasteiger partial charge >= 0.3 is 6.09 Å². The molecule has 166 valence electrons. The summed E-state index contributed by atoms with van der Waals surface area (Å²) in [5, 5.41) is 8.00. The fourth-order valence-corrected chi connectivity index (χ4v) is 4.38. The molecule has 1 aromatic carbocycles. The average molecular weight is 445 g/mol. The lowest BCUT2D eigenvalue weighted by Gasteiger charge is -2.39. The maximum atomic E-state index is 13.1. The number of aryl methyl sites for hydroxylation is 1. The van der Waals surface area contributed by atoms with E-state index in [0.717, 1.165) is 23.7 Å². The van der Waals surface area contributed by atoms with Gasteiger partial charge in [0.2, 0.25) is 0 Å². The molecule has 31 heavy (non-hydrogen) atoms. The summed E-state index contributed by atoms with van der Waals surface area (Å²) in [7, 11) is 0. The first-order chi connectivity index (χ1) is 14.7. The second kappa shape index (κ2) is 8.54. The number of aromatic nitrogens is 2. The van der Waals surface area contributed by atoms with Crippen LogP contribution in [0.5, 0.6) is 0 Å². The number of halogens is 1. The largest absolute Gasteiger partial charge is 0.444 e. The van der Waals surface area contributed by atoms with Crippen LogP contribution in [0.25, 0.3) is 0 Å². The molecule has 0 aliphatic carbocycles. The number of alkyl carbamates (subject to hydrolysis) is 1. The third kappa shape index (κ3) is 5.03. The Hall–Kier alpha value is -2.54. The predicted molar refractivity (Wildman–Crippen MR) is 118 cm³/mol. The van der Waals surface area contributed by atoms with E-state index in [4.69, 9.17) is 16.3 Å². The fourth-order valence-electron chi connectivity index (χ4n) is 4.18. The first kappa shape index (κ1) is 21.7. The van der Waals surface area contributed by atoms with Gasteiger partial charge < -0.3 is 15.0 Å². The van der Waals surface area contributed by atoms with Crippen LogP contribution in [-0.2, 0) is 17.7 Å². The Balaban J connectivity index is 1.34. The summed E-state index contributed by atoms with van der Waals surface area (Å²) in [4.78, 5) is 26.9. The number of ether oxygens (including phenoxy) is 1. The normalized spacial score (nSPS) is 18.8. The molecule has 0 saturated carbocycles. The van der Waals surface area contributed by atoms with Gasteiger partial charge in [0, 0.05) is 37.1 Å². The molecule has 1 atom stereocenters. The number of amides is 2. The quantitative estimate of drug-likeness (QED) is 0.776. The third-order valence-electron chi connectivity index (χ3n) is 5.83. The van der Waals surface area contributed by atoms with Gasteiger partial charge in [0.05, 0.1) is 17.5 Å². The maximum Gasteiger partial charge on any atom is 0.407 e. The molecule has 1 N–H and O–H groups in total. The predicted octanol–water partition coefficient (Wildman–Crippen LogP) is 3.86. The van der Waals surface area contributed by atoms with E-state index in [1.165, 1.54) is 5.56 Å². The average Bonchev–Trinajstić information content (AvgIpc) is 3.07. The Morgan fingerprint density at radius 3 is 2.77 bits per heavy atom. The van der Waals surface area contributed by atoms with E-state index in [1.807, 2.05) is 48.6 Å². The minimum Gasteiger partial charge on any atom is -0.444 e. The number of nitrogens with zero attached hydrogens (tertiary/aromatic N) is 3. The van der Waals surface area contributed by atoms with E-state index in [2.05, 4.69) is 16.5 Å². The summed E-state index contributed by atoms with van der Waals surface area (Å²) >= 11 is 6.09. The minimum atomic E-state index is -0.519. The van der Waals surface area contributed by atoms with Crippen LogP contribution in [0, 0.1) is 5.92 Å². The molecule has 0 spiro atoms. The van der Waals surface area contributed by atoms with Crippen molar-refractivity contribution in [3.05, 3.63) is 52.3 Å². The van der Waals surface area contributed by atoms with Gasteiger partial charge in [0.15, 0.2) is 0 Å². The van der Waals surface area contributed by atoms with Crippen molar-refractivity contribution in [3.63, 3.8) is 0 Å². The summed E-state index contributed by atoms with van der Waals surface area (Å²) in [6.45, 7) is 8.17. The topological polar surface area (TPSA) is 76.5 Å². The molecule has 2 aliphatic rings. The lowest BCUT2D eigenvalue weighted by molar-refractivity contribution is 0.0514. The summed E-state index contributed by atoms with van der Waals surface area (Å²) in [5.41, 5.74) is 2.28. The van der Waals surface area contributed by atoms with Gasteiger partial charge in [-0.05, 0) is 57.2 Å². The molecule has 2 aromatic rings. The standard InChI is InChI=1S/C23H29ClN4O3/c1-23(2,3)31-22(30)25-11-15-7-8-28-20(9-15)19(12-26-28)21(29)27-13-17(14-27)16-5-4-6-18(24)10-16/h4-6,10,12,15,17H,7-9,11,13-14H2,1-3H3,(H,25,30). The number of hydrogen-bond donors (Lipinski definition) is 1. The van der Waals surface area contributed by atoms with Crippen LogP contribution < -0.4 is 5.32 Å². The van der Waals surface area contributed by atoms with Crippen LogP contribution in [0.4, 0.5) is 4.79 Å². The first-order valence-electron chi connectivity index (χ1n) is 10.8. The fraction of sp³-hybridized carbons (Fsp3) is 0.522. The van der Waals surface area contributed by atoms with Gasteiger partial charge in [-0.3, -0.25) is 9.48 Å². The molecule has 1 saturated heterocycles. The molecule has 7 nitrogen and oxygen atoms in total. The van der Waals surface area contributed by atoms with E-state index in [0.29, 0.717) is 37.5 Å². The van der Waals surface area contributed by atoms with Crippen LogP contribution in [0.3, 0.4) is 0 Å². The van der Waals surface area contributed by atoms with Crippen molar-refractivity contribution < 1.29 is 14.3 Å². The summed E-state index contributed by atoms with van der Waals surface area (Å²) in [5.74, 6) is 0.596. The molecular weight excluding hydrogens is 416 g/mol. The number of nitrogens with one attached hydrogen (secondary N) is 1. The Labute approximate surface area is 187 Å². The molecule has 4 rings (SSSR count). The summed E-state index contributed by atoms with van der Waals surface area (Å²) in [6, 6.07) is 7.84. The lowest BCUT2D eigenvalue weighted by atomic mass is 9.90. The van der Waals surface area contributed by atoms with Gasteiger partial charge in [0.1, 0.15) is 5.60 Å². The van der Waals surface area contributed by atoms with Crippen LogP contribution in [0.2, 0.25) is 5.02 Å². The molecule has 1 aromatic heterocycles. The zero-order valence-electron chi connectivity index (χ0n) is 18.2. The van der Waals surface area contributed by atoms with Crippen LogP contribution in [0.1, 0.15) is 54.7 Å². The molecule has 2 aliphatic heterocycles. The number of rotatable bonds is 4. The molecule has 3 heterocycles.